The number of nitrogens with one attached hydrogen (secondary N) is 1. The van der Waals surface area contributed by atoms with Crippen molar-refractivity contribution in [1.29, 1.82) is 5.26 Å². The Morgan fingerprint density at radius 1 is 1.24 bits per heavy atom. The van der Waals surface area contributed by atoms with Crippen LogP contribution < -0.4 is 5.32 Å². The second-order valence-corrected chi connectivity index (χ2v) is 5.96. The topological polar surface area (TPSA) is 59.4 Å². The van der Waals surface area contributed by atoms with Gasteiger partial charge >= 0.3 is 6.18 Å². The van der Waals surface area contributed by atoms with Gasteiger partial charge in [0.1, 0.15) is 6.42 Å². The summed E-state index contributed by atoms with van der Waals surface area (Å²) in [5.74, 6) is -0.626. The van der Waals surface area contributed by atoms with E-state index in [1.807, 2.05) is 4.90 Å². The Balaban J connectivity index is 2.14. The monoisotopic (exact) mass is 354 g/mol. The largest absolute Gasteiger partial charge is 0.416 e. The number of hydrogen-bond donors (Lipinski definition) is 1. The first kappa shape index (κ1) is 19.2. The molecule has 0 unspecified atom stereocenters. The maximum Gasteiger partial charge on any atom is 0.416 e. The highest BCUT2D eigenvalue weighted by molar-refractivity contribution is 5.92. The van der Waals surface area contributed by atoms with Crippen LogP contribution in [-0.2, 0) is 17.5 Å². The van der Waals surface area contributed by atoms with E-state index in [4.69, 9.17) is 5.26 Å². The summed E-state index contributed by atoms with van der Waals surface area (Å²) in [6.45, 7) is 6.38. The van der Waals surface area contributed by atoms with Gasteiger partial charge in [-0.05, 0) is 24.2 Å². The average molecular weight is 354 g/mol. The van der Waals surface area contributed by atoms with Crippen LogP contribution in [0.3, 0.4) is 0 Å². The number of carbonyl (C=O) groups is 1. The highest BCUT2D eigenvalue weighted by atomic mass is 19.4. The Bertz CT molecular complexity index is 646. The number of anilines is 1. The maximum absolute atomic E-state index is 13.4. The number of likely N-dealkylation sites (N-methyl/N-ethyl adjacent to an activating group) is 1. The van der Waals surface area contributed by atoms with Crippen LogP contribution in [0, 0.1) is 11.3 Å². The molecule has 0 bridgehead atoms. The van der Waals surface area contributed by atoms with E-state index in [1.165, 1.54) is 12.1 Å². The number of nitrogens with zero attached hydrogens (tertiary/aromatic N) is 3. The molecule has 1 aliphatic heterocycles. The van der Waals surface area contributed by atoms with Gasteiger partial charge in [0.15, 0.2) is 0 Å². The van der Waals surface area contributed by atoms with E-state index >= 15 is 0 Å². The first-order chi connectivity index (χ1) is 11.8. The second-order valence-electron chi connectivity index (χ2n) is 5.96. The third-order valence-corrected chi connectivity index (χ3v) is 4.24. The lowest BCUT2D eigenvalue weighted by Gasteiger charge is -2.34. The SMILES string of the molecule is CCN1CCN(Cc2ccc(NC(=O)CC#N)cc2C(F)(F)F)CC1. The summed E-state index contributed by atoms with van der Waals surface area (Å²) < 4.78 is 40.2. The van der Waals surface area contributed by atoms with Gasteiger partial charge in [0.2, 0.25) is 5.91 Å². The smallest absolute Gasteiger partial charge is 0.325 e. The number of alkyl halides is 3. The zero-order valence-electron chi connectivity index (χ0n) is 14.1. The fourth-order valence-corrected chi connectivity index (χ4v) is 2.84. The highest BCUT2D eigenvalue weighted by Crippen LogP contribution is 2.34. The van der Waals surface area contributed by atoms with E-state index in [0.717, 1.165) is 38.8 Å². The lowest BCUT2D eigenvalue weighted by molar-refractivity contribution is -0.138. The molecule has 0 aliphatic carbocycles. The Kier molecular flexibility index (Phi) is 6.39. The number of amides is 1. The minimum absolute atomic E-state index is 0.0483. The molecule has 0 atom stereocenters. The lowest BCUT2D eigenvalue weighted by Crippen LogP contribution is -2.45. The van der Waals surface area contributed by atoms with Gasteiger partial charge in [-0.25, -0.2) is 0 Å². The standard InChI is InChI=1S/C17H21F3N4O/c1-2-23-7-9-24(10-8-23)12-13-3-4-14(22-16(25)5-6-21)11-15(13)17(18,19)20/h3-4,11H,2,5,7-10,12H2,1H3,(H,22,25). The fourth-order valence-electron chi connectivity index (χ4n) is 2.84. The van der Waals surface area contributed by atoms with Crippen LogP contribution in [0.2, 0.25) is 0 Å². The summed E-state index contributed by atoms with van der Waals surface area (Å²) in [6, 6.07) is 5.45. The van der Waals surface area contributed by atoms with Crippen molar-refractivity contribution in [2.45, 2.75) is 26.1 Å². The first-order valence-corrected chi connectivity index (χ1v) is 8.15. The van der Waals surface area contributed by atoms with Gasteiger partial charge in [-0.15, -0.1) is 0 Å². The van der Waals surface area contributed by atoms with Crippen molar-refractivity contribution in [1.82, 2.24) is 9.80 Å². The zero-order chi connectivity index (χ0) is 18.4. The Labute approximate surface area is 145 Å². The summed E-state index contributed by atoms with van der Waals surface area (Å²) in [4.78, 5) is 15.7. The quantitative estimate of drug-likeness (QED) is 0.883. The maximum atomic E-state index is 13.4. The molecule has 0 aromatic heterocycles. The van der Waals surface area contributed by atoms with E-state index in [0.29, 0.717) is 0 Å². The molecule has 1 amide bonds. The Hall–Kier alpha value is -2.11. The molecule has 0 saturated carbocycles. The molecule has 25 heavy (non-hydrogen) atoms. The van der Waals surface area contributed by atoms with E-state index < -0.39 is 24.1 Å². The number of halogens is 3. The van der Waals surface area contributed by atoms with Crippen molar-refractivity contribution in [2.75, 3.05) is 38.0 Å². The van der Waals surface area contributed by atoms with E-state index in [2.05, 4.69) is 17.1 Å². The summed E-state index contributed by atoms with van der Waals surface area (Å²) in [7, 11) is 0. The molecule has 1 aromatic rings. The predicted octanol–water partition coefficient (Wildman–Crippen LogP) is 2.70. The molecule has 0 radical (unpaired) electrons. The predicted molar refractivity (Wildman–Crippen MR) is 87.7 cm³/mol. The van der Waals surface area contributed by atoms with Gasteiger partial charge < -0.3 is 10.2 Å². The summed E-state index contributed by atoms with van der Waals surface area (Å²) >= 11 is 0. The van der Waals surface area contributed by atoms with Gasteiger partial charge in [0, 0.05) is 38.4 Å². The van der Waals surface area contributed by atoms with Crippen LogP contribution >= 0.6 is 0 Å². The minimum atomic E-state index is -4.50. The summed E-state index contributed by atoms with van der Waals surface area (Å²) in [5, 5.41) is 10.8. The zero-order valence-corrected chi connectivity index (χ0v) is 14.1. The van der Waals surface area contributed by atoms with Gasteiger partial charge in [-0.3, -0.25) is 9.69 Å². The molecule has 1 fully saturated rings. The number of hydrogen-bond acceptors (Lipinski definition) is 4. The average Bonchev–Trinajstić information content (AvgIpc) is 2.56. The van der Waals surface area contributed by atoms with Crippen LogP contribution in [0.15, 0.2) is 18.2 Å². The molecule has 1 N–H and O–H groups in total. The van der Waals surface area contributed by atoms with Crippen LogP contribution in [-0.4, -0.2) is 48.4 Å². The van der Waals surface area contributed by atoms with Crippen LogP contribution in [0.5, 0.6) is 0 Å². The molecule has 1 aromatic carbocycles. The number of benzene rings is 1. The minimum Gasteiger partial charge on any atom is -0.325 e. The molecule has 8 heteroatoms. The molecule has 136 valence electrons. The Morgan fingerprint density at radius 3 is 2.44 bits per heavy atom. The third-order valence-electron chi connectivity index (χ3n) is 4.24. The second kappa shape index (κ2) is 8.32. The van der Waals surface area contributed by atoms with Crippen LogP contribution in [0.1, 0.15) is 24.5 Å². The molecular formula is C17H21F3N4O. The van der Waals surface area contributed by atoms with Crippen molar-refractivity contribution >= 4 is 11.6 Å². The molecule has 2 rings (SSSR count). The Morgan fingerprint density at radius 2 is 1.88 bits per heavy atom. The van der Waals surface area contributed by atoms with Crippen molar-refractivity contribution in [3.63, 3.8) is 0 Å². The lowest BCUT2D eigenvalue weighted by atomic mass is 10.0. The molecule has 1 saturated heterocycles. The van der Waals surface area contributed by atoms with E-state index in [1.54, 1.807) is 6.07 Å². The molecular weight excluding hydrogens is 333 g/mol. The summed E-state index contributed by atoms with van der Waals surface area (Å²) in [5.41, 5.74) is -0.511. The van der Waals surface area contributed by atoms with Gasteiger partial charge in [0.25, 0.3) is 0 Å². The molecule has 1 aliphatic rings. The normalized spacial score (nSPS) is 16.4. The van der Waals surface area contributed by atoms with Gasteiger partial charge in [-0.2, -0.15) is 18.4 Å². The highest BCUT2D eigenvalue weighted by Gasteiger charge is 2.34. The van der Waals surface area contributed by atoms with E-state index in [9.17, 15) is 18.0 Å². The fraction of sp³-hybridized carbons (Fsp3) is 0.529. The molecule has 5 nitrogen and oxygen atoms in total. The number of carbonyl (C=O) groups excluding carboxylic acids is 1. The summed E-state index contributed by atoms with van der Waals surface area (Å²) in [6.07, 6.45) is -4.90. The third kappa shape index (κ3) is 5.44. The molecule has 0 spiro atoms. The van der Waals surface area contributed by atoms with Crippen molar-refractivity contribution < 1.29 is 18.0 Å². The van der Waals surface area contributed by atoms with E-state index in [-0.39, 0.29) is 17.8 Å². The van der Waals surface area contributed by atoms with Crippen molar-refractivity contribution in [3.05, 3.63) is 29.3 Å². The molecule has 1 heterocycles. The van der Waals surface area contributed by atoms with Crippen LogP contribution in [0.25, 0.3) is 0 Å². The van der Waals surface area contributed by atoms with Gasteiger partial charge in [-0.1, -0.05) is 13.0 Å². The van der Waals surface area contributed by atoms with Crippen molar-refractivity contribution in [3.8, 4) is 6.07 Å². The van der Waals surface area contributed by atoms with Gasteiger partial charge in [0.05, 0.1) is 11.6 Å². The van der Waals surface area contributed by atoms with Crippen LogP contribution in [0.4, 0.5) is 18.9 Å². The first-order valence-electron chi connectivity index (χ1n) is 8.15. The number of piperazine rings is 1. The number of rotatable bonds is 5. The number of nitriles is 1. The van der Waals surface area contributed by atoms with Crippen molar-refractivity contribution in [2.24, 2.45) is 0 Å².